The topological polar surface area (TPSA) is 98.1 Å². The predicted molar refractivity (Wildman–Crippen MR) is 92.6 cm³/mol. The number of rotatable bonds is 6. The SMILES string of the molecule is COc1ccc(Cl)cc1NC(=O)Cn1cc(NC(=O)C2CCC2)nn1. The number of halogens is 1. The average molecular weight is 364 g/mol. The number of carbonyl (C=O) groups is 2. The molecule has 1 aliphatic rings. The fourth-order valence-electron chi connectivity index (χ4n) is 2.45. The normalized spacial score (nSPS) is 13.8. The van der Waals surface area contributed by atoms with Gasteiger partial charge >= 0.3 is 0 Å². The lowest BCUT2D eigenvalue weighted by molar-refractivity contribution is -0.122. The lowest BCUT2D eigenvalue weighted by Gasteiger charge is -2.23. The van der Waals surface area contributed by atoms with Crippen molar-refractivity contribution in [3.63, 3.8) is 0 Å². The van der Waals surface area contributed by atoms with Crippen LogP contribution in [0, 0.1) is 5.92 Å². The van der Waals surface area contributed by atoms with E-state index >= 15 is 0 Å². The third-order valence-electron chi connectivity index (χ3n) is 4.01. The lowest BCUT2D eigenvalue weighted by Crippen LogP contribution is -2.28. The average Bonchev–Trinajstić information content (AvgIpc) is 2.92. The Bertz CT molecular complexity index is 788. The molecule has 0 saturated heterocycles. The molecular weight excluding hydrogens is 346 g/mol. The molecule has 0 aliphatic heterocycles. The number of hydrogen-bond donors (Lipinski definition) is 2. The third kappa shape index (κ3) is 4.27. The first-order chi connectivity index (χ1) is 12.0. The van der Waals surface area contributed by atoms with E-state index in [9.17, 15) is 9.59 Å². The van der Waals surface area contributed by atoms with Gasteiger partial charge in [-0.3, -0.25) is 9.59 Å². The van der Waals surface area contributed by atoms with E-state index in [2.05, 4.69) is 20.9 Å². The maximum atomic E-state index is 12.2. The Morgan fingerprint density at radius 1 is 1.36 bits per heavy atom. The summed E-state index contributed by atoms with van der Waals surface area (Å²) in [6.45, 7) is -0.0536. The zero-order chi connectivity index (χ0) is 17.8. The zero-order valence-electron chi connectivity index (χ0n) is 13.7. The van der Waals surface area contributed by atoms with Gasteiger partial charge in [0.15, 0.2) is 5.82 Å². The highest BCUT2D eigenvalue weighted by Gasteiger charge is 2.25. The maximum Gasteiger partial charge on any atom is 0.246 e. The van der Waals surface area contributed by atoms with Crippen LogP contribution in [0.15, 0.2) is 24.4 Å². The molecule has 0 atom stereocenters. The molecule has 1 aliphatic carbocycles. The number of nitrogens with zero attached hydrogens (tertiary/aromatic N) is 3. The summed E-state index contributed by atoms with van der Waals surface area (Å²) >= 11 is 5.94. The van der Waals surface area contributed by atoms with E-state index in [4.69, 9.17) is 16.3 Å². The van der Waals surface area contributed by atoms with Crippen molar-refractivity contribution in [3.05, 3.63) is 29.4 Å². The molecule has 0 unspecified atom stereocenters. The smallest absolute Gasteiger partial charge is 0.246 e. The summed E-state index contributed by atoms with van der Waals surface area (Å²) < 4.78 is 6.53. The summed E-state index contributed by atoms with van der Waals surface area (Å²) in [4.78, 5) is 24.0. The van der Waals surface area contributed by atoms with Crippen LogP contribution in [0.2, 0.25) is 5.02 Å². The first kappa shape index (κ1) is 17.2. The van der Waals surface area contributed by atoms with Crippen molar-refractivity contribution in [2.75, 3.05) is 17.7 Å². The van der Waals surface area contributed by atoms with E-state index in [0.717, 1.165) is 19.3 Å². The third-order valence-corrected chi connectivity index (χ3v) is 4.24. The van der Waals surface area contributed by atoms with Crippen LogP contribution in [-0.4, -0.2) is 33.9 Å². The lowest BCUT2D eigenvalue weighted by atomic mass is 9.85. The van der Waals surface area contributed by atoms with Crippen LogP contribution >= 0.6 is 11.6 Å². The fourth-order valence-corrected chi connectivity index (χ4v) is 2.62. The van der Waals surface area contributed by atoms with Crippen LogP contribution < -0.4 is 15.4 Å². The molecule has 8 nitrogen and oxygen atoms in total. The van der Waals surface area contributed by atoms with Crippen LogP contribution in [0.1, 0.15) is 19.3 Å². The van der Waals surface area contributed by atoms with Gasteiger partial charge in [0.1, 0.15) is 12.3 Å². The minimum Gasteiger partial charge on any atom is -0.495 e. The van der Waals surface area contributed by atoms with Crippen molar-refractivity contribution in [2.45, 2.75) is 25.8 Å². The molecule has 0 bridgehead atoms. The van der Waals surface area contributed by atoms with Crippen LogP contribution in [0.3, 0.4) is 0 Å². The second-order valence-electron chi connectivity index (χ2n) is 5.81. The second-order valence-corrected chi connectivity index (χ2v) is 6.25. The van der Waals surface area contributed by atoms with Crippen molar-refractivity contribution in [2.24, 2.45) is 5.92 Å². The molecule has 3 rings (SSSR count). The van der Waals surface area contributed by atoms with Gasteiger partial charge in [0.05, 0.1) is 19.0 Å². The quantitative estimate of drug-likeness (QED) is 0.820. The largest absolute Gasteiger partial charge is 0.495 e. The number of benzene rings is 1. The van der Waals surface area contributed by atoms with Crippen molar-refractivity contribution >= 4 is 34.9 Å². The first-order valence-electron chi connectivity index (χ1n) is 7.89. The number of methoxy groups -OCH3 is 1. The number of anilines is 2. The Balaban J connectivity index is 1.58. The number of aromatic nitrogens is 3. The van der Waals surface area contributed by atoms with Gasteiger partial charge in [-0.2, -0.15) is 0 Å². The summed E-state index contributed by atoms with van der Waals surface area (Å²) in [5.74, 6) is 0.535. The van der Waals surface area contributed by atoms with Crippen LogP contribution in [0.25, 0.3) is 0 Å². The van der Waals surface area contributed by atoms with Gasteiger partial charge in [-0.25, -0.2) is 4.68 Å². The molecule has 1 heterocycles. The van der Waals surface area contributed by atoms with E-state index in [1.165, 1.54) is 18.0 Å². The molecular formula is C16H18ClN5O3. The molecule has 0 spiro atoms. The van der Waals surface area contributed by atoms with Crippen LogP contribution in [-0.2, 0) is 16.1 Å². The Labute approximate surface area is 149 Å². The fraction of sp³-hybridized carbons (Fsp3) is 0.375. The summed E-state index contributed by atoms with van der Waals surface area (Å²) in [6.07, 6.45) is 4.41. The number of ether oxygens (including phenoxy) is 1. The van der Waals surface area contributed by atoms with Gasteiger partial charge in [-0.05, 0) is 31.0 Å². The van der Waals surface area contributed by atoms with Gasteiger partial charge in [0.2, 0.25) is 11.8 Å². The molecule has 2 aromatic rings. The molecule has 1 fully saturated rings. The van der Waals surface area contributed by atoms with Gasteiger partial charge in [0.25, 0.3) is 0 Å². The van der Waals surface area contributed by atoms with E-state index in [0.29, 0.717) is 22.3 Å². The van der Waals surface area contributed by atoms with Gasteiger partial charge < -0.3 is 15.4 Å². The Hall–Kier alpha value is -2.61. The maximum absolute atomic E-state index is 12.2. The Morgan fingerprint density at radius 2 is 2.16 bits per heavy atom. The highest BCUT2D eigenvalue weighted by Crippen LogP contribution is 2.28. The van der Waals surface area contributed by atoms with Crippen LogP contribution in [0.4, 0.5) is 11.5 Å². The summed E-state index contributed by atoms with van der Waals surface area (Å²) in [5, 5.41) is 13.6. The van der Waals surface area contributed by atoms with Crippen molar-refractivity contribution in [1.82, 2.24) is 15.0 Å². The van der Waals surface area contributed by atoms with Gasteiger partial charge in [-0.1, -0.05) is 23.2 Å². The molecule has 1 saturated carbocycles. The molecule has 9 heteroatoms. The van der Waals surface area contributed by atoms with E-state index < -0.39 is 0 Å². The van der Waals surface area contributed by atoms with Gasteiger partial charge in [-0.15, -0.1) is 5.10 Å². The molecule has 1 aromatic heterocycles. The van der Waals surface area contributed by atoms with Crippen molar-refractivity contribution in [3.8, 4) is 5.75 Å². The van der Waals surface area contributed by atoms with Crippen molar-refractivity contribution < 1.29 is 14.3 Å². The second kappa shape index (κ2) is 7.52. The summed E-state index contributed by atoms with van der Waals surface area (Å²) in [6, 6.07) is 4.94. The molecule has 2 amide bonds. The first-order valence-corrected chi connectivity index (χ1v) is 8.27. The van der Waals surface area contributed by atoms with Crippen LogP contribution in [0.5, 0.6) is 5.75 Å². The molecule has 0 radical (unpaired) electrons. The minimum absolute atomic E-state index is 0.0496. The Kier molecular flexibility index (Phi) is 5.18. The van der Waals surface area contributed by atoms with Crippen molar-refractivity contribution in [1.29, 1.82) is 0 Å². The van der Waals surface area contributed by atoms with Gasteiger partial charge in [0, 0.05) is 10.9 Å². The molecule has 2 N–H and O–H groups in total. The van der Waals surface area contributed by atoms with E-state index in [1.807, 2.05) is 0 Å². The highest BCUT2D eigenvalue weighted by molar-refractivity contribution is 6.31. The minimum atomic E-state index is -0.317. The summed E-state index contributed by atoms with van der Waals surface area (Å²) in [7, 11) is 1.51. The standard InChI is InChI=1S/C16H18ClN5O3/c1-25-13-6-5-11(17)7-12(13)18-15(23)9-22-8-14(20-21-22)19-16(24)10-3-2-4-10/h5-8,10H,2-4,9H2,1H3,(H,18,23)(H,19,24). The molecule has 25 heavy (non-hydrogen) atoms. The Morgan fingerprint density at radius 3 is 2.84 bits per heavy atom. The monoisotopic (exact) mass is 363 g/mol. The molecule has 132 valence electrons. The zero-order valence-corrected chi connectivity index (χ0v) is 14.4. The number of nitrogens with one attached hydrogen (secondary N) is 2. The number of amides is 2. The number of carbonyl (C=O) groups excluding carboxylic acids is 2. The highest BCUT2D eigenvalue weighted by atomic mass is 35.5. The number of hydrogen-bond acceptors (Lipinski definition) is 5. The van der Waals surface area contributed by atoms with E-state index in [-0.39, 0.29) is 24.3 Å². The predicted octanol–water partition coefficient (Wildman–Crippen LogP) is 2.32. The summed E-state index contributed by atoms with van der Waals surface area (Å²) in [5.41, 5.74) is 0.471. The van der Waals surface area contributed by atoms with E-state index in [1.54, 1.807) is 18.2 Å². The molecule has 1 aromatic carbocycles.